The second-order valence-corrected chi connectivity index (χ2v) is 19.3. The summed E-state index contributed by atoms with van der Waals surface area (Å²) >= 11 is 0. The van der Waals surface area contributed by atoms with Crippen LogP contribution in [0.3, 0.4) is 0 Å². The van der Waals surface area contributed by atoms with E-state index < -0.39 is 0 Å². The van der Waals surface area contributed by atoms with E-state index in [1.807, 2.05) is 0 Å². The number of nitrogens with zero attached hydrogens (tertiary/aromatic N) is 1. The van der Waals surface area contributed by atoms with E-state index in [1.54, 1.807) is 0 Å². The molecule has 2 heterocycles. The van der Waals surface area contributed by atoms with Crippen molar-refractivity contribution in [1.29, 1.82) is 0 Å². The number of benzene rings is 12. The zero-order valence-corrected chi connectivity index (χ0v) is 40.5. The molecule has 0 spiro atoms. The summed E-state index contributed by atoms with van der Waals surface area (Å²) < 4.78 is 8.80. The molecule has 0 unspecified atom stereocenters. The van der Waals surface area contributed by atoms with E-state index in [1.165, 1.54) is 99.8 Å². The lowest BCUT2D eigenvalue weighted by molar-refractivity contribution is 0.669. The first-order valence-electron chi connectivity index (χ1n) is 25.4. The van der Waals surface area contributed by atoms with Gasteiger partial charge in [0.1, 0.15) is 11.2 Å². The molecule has 0 aliphatic rings. The van der Waals surface area contributed by atoms with Crippen molar-refractivity contribution in [3.05, 3.63) is 285 Å². The monoisotopic (exact) mass is 941 g/mol. The second kappa shape index (κ2) is 18.1. The molecule has 0 saturated carbocycles. The fourth-order valence-electron chi connectivity index (χ4n) is 11.0. The molecule has 0 fully saturated rings. The largest absolute Gasteiger partial charge is 0.456 e. The average molecular weight is 942 g/mol. The molecule has 0 atom stereocenters. The molecule has 0 aliphatic heterocycles. The molecule has 2 nitrogen and oxygen atoms in total. The van der Waals surface area contributed by atoms with Crippen molar-refractivity contribution in [2.45, 2.75) is 0 Å². The molecule has 0 radical (unpaired) electrons. The fraction of sp³-hybridized carbons (Fsp3) is 0. The van der Waals surface area contributed by atoms with Crippen LogP contribution >= 0.6 is 0 Å². The van der Waals surface area contributed by atoms with E-state index in [0.717, 1.165) is 38.6 Å². The van der Waals surface area contributed by atoms with Gasteiger partial charge in [-0.15, -0.1) is 0 Å². The van der Waals surface area contributed by atoms with Crippen molar-refractivity contribution >= 4 is 43.7 Å². The van der Waals surface area contributed by atoms with Gasteiger partial charge in [-0.2, -0.15) is 0 Å². The van der Waals surface area contributed by atoms with Crippen LogP contribution in [0.5, 0.6) is 0 Å². The van der Waals surface area contributed by atoms with Crippen LogP contribution in [0.1, 0.15) is 0 Å². The van der Waals surface area contributed by atoms with Crippen LogP contribution in [0, 0.1) is 0 Å². The minimum atomic E-state index is 0.885. The van der Waals surface area contributed by atoms with Gasteiger partial charge < -0.3 is 8.98 Å². The van der Waals surface area contributed by atoms with Crippen LogP contribution in [0.15, 0.2) is 290 Å². The first kappa shape index (κ1) is 43.1. The number of furan rings is 1. The lowest BCUT2D eigenvalue weighted by Gasteiger charge is -2.11. The molecule has 0 amide bonds. The highest BCUT2D eigenvalue weighted by Gasteiger charge is 2.15. The second-order valence-electron chi connectivity index (χ2n) is 19.3. The van der Waals surface area contributed by atoms with E-state index in [-0.39, 0.29) is 0 Å². The molecule has 2 heteroatoms. The van der Waals surface area contributed by atoms with Crippen molar-refractivity contribution in [2.75, 3.05) is 0 Å². The first-order chi connectivity index (χ1) is 36.6. The highest BCUT2D eigenvalue weighted by atomic mass is 16.3. The van der Waals surface area contributed by atoms with Gasteiger partial charge in [-0.3, -0.25) is 0 Å². The third-order valence-electron chi connectivity index (χ3n) is 14.8. The molecule has 0 bridgehead atoms. The Hall–Kier alpha value is -9.76. The summed E-state index contributed by atoms with van der Waals surface area (Å²) in [6.07, 6.45) is 0. The molecule has 346 valence electrons. The zero-order valence-electron chi connectivity index (χ0n) is 40.5. The summed E-state index contributed by atoms with van der Waals surface area (Å²) in [6, 6.07) is 103. The molecule has 14 aromatic rings. The van der Waals surface area contributed by atoms with Crippen molar-refractivity contribution in [2.24, 2.45) is 0 Å². The molecule has 0 N–H and O–H groups in total. The minimum absolute atomic E-state index is 0.885. The van der Waals surface area contributed by atoms with Gasteiger partial charge in [0.25, 0.3) is 0 Å². The Balaban J connectivity index is 0.729. The number of rotatable bonds is 9. The summed E-state index contributed by atoms with van der Waals surface area (Å²) in [5.74, 6) is 0. The molecule has 12 aromatic carbocycles. The van der Waals surface area contributed by atoms with E-state index >= 15 is 0 Å². The standard InChI is InChI=1S/C72H47NO/c1-3-14-48(15-4-1)51-16-9-17-52(40-51)53-18-10-19-54(41-53)55-20-11-21-56(42-55)57-22-12-23-58(43-57)59-24-13-25-60(44-59)63-36-39-72-68(47-63)67-46-62(35-38-71(67)74-72)50-32-30-49(31-33-50)61-34-37-70-66(45-61)65-28-7-8-29-69(65)73(70)64-26-5-2-6-27-64/h1-47H. The SMILES string of the molecule is c1ccc(-c2cccc(-c3cccc(-c4cccc(-c5cccc(-c6cccc(-c7ccc8oc9ccc(-c%10ccc(-c%11ccc%12c(c%11)c%11ccccc%11n%12-c%11ccccc%11)cc%10)cc9c8c7)c6)c5)c4)c3)c2)cc1. The maximum absolute atomic E-state index is 6.44. The van der Waals surface area contributed by atoms with Gasteiger partial charge in [0.2, 0.25) is 0 Å². The Kier molecular flexibility index (Phi) is 10.6. The molecular weight excluding hydrogens is 895 g/mol. The van der Waals surface area contributed by atoms with Gasteiger partial charge in [0.05, 0.1) is 11.0 Å². The molecule has 0 saturated heterocycles. The van der Waals surface area contributed by atoms with Crippen LogP contribution in [-0.2, 0) is 0 Å². The molecule has 2 aromatic heterocycles. The Morgan fingerprint density at radius 3 is 0.946 bits per heavy atom. The van der Waals surface area contributed by atoms with Gasteiger partial charge in [0, 0.05) is 27.2 Å². The molecule has 74 heavy (non-hydrogen) atoms. The van der Waals surface area contributed by atoms with Crippen LogP contribution in [-0.4, -0.2) is 4.57 Å². The normalized spacial score (nSPS) is 11.5. The Morgan fingerprint density at radius 1 is 0.189 bits per heavy atom. The Morgan fingerprint density at radius 2 is 0.486 bits per heavy atom. The third kappa shape index (κ3) is 7.87. The van der Waals surface area contributed by atoms with Crippen LogP contribution in [0.4, 0.5) is 0 Å². The fourth-order valence-corrected chi connectivity index (χ4v) is 11.0. The van der Waals surface area contributed by atoms with Gasteiger partial charge in [-0.1, -0.05) is 200 Å². The smallest absolute Gasteiger partial charge is 0.135 e. The minimum Gasteiger partial charge on any atom is -0.456 e. The summed E-state index contributed by atoms with van der Waals surface area (Å²) in [5.41, 5.74) is 24.3. The number of aromatic nitrogens is 1. The molecule has 14 rings (SSSR count). The summed E-state index contributed by atoms with van der Waals surface area (Å²) in [6.45, 7) is 0. The average Bonchev–Trinajstić information content (AvgIpc) is 4.02. The summed E-state index contributed by atoms with van der Waals surface area (Å²) in [7, 11) is 0. The number of hydrogen-bond donors (Lipinski definition) is 0. The van der Waals surface area contributed by atoms with Crippen molar-refractivity contribution < 1.29 is 4.42 Å². The van der Waals surface area contributed by atoms with E-state index in [9.17, 15) is 0 Å². The summed E-state index contributed by atoms with van der Waals surface area (Å²) in [4.78, 5) is 0. The number of hydrogen-bond acceptors (Lipinski definition) is 1. The number of fused-ring (bicyclic) bond motifs is 6. The van der Waals surface area contributed by atoms with Gasteiger partial charge >= 0.3 is 0 Å². The van der Waals surface area contributed by atoms with Crippen molar-refractivity contribution in [3.8, 4) is 94.7 Å². The lowest BCUT2D eigenvalue weighted by atomic mass is 9.93. The maximum atomic E-state index is 6.44. The van der Waals surface area contributed by atoms with Crippen molar-refractivity contribution in [3.63, 3.8) is 0 Å². The van der Waals surface area contributed by atoms with E-state index in [2.05, 4.69) is 290 Å². The Labute approximate surface area is 430 Å². The molecule has 0 aliphatic carbocycles. The quantitative estimate of drug-likeness (QED) is 0.141. The zero-order chi connectivity index (χ0) is 49.0. The van der Waals surface area contributed by atoms with E-state index in [0.29, 0.717) is 0 Å². The molecular formula is C72H47NO. The van der Waals surface area contributed by atoms with Crippen LogP contribution in [0.2, 0.25) is 0 Å². The first-order valence-corrected chi connectivity index (χ1v) is 25.4. The highest BCUT2D eigenvalue weighted by Crippen LogP contribution is 2.39. The van der Waals surface area contributed by atoms with E-state index in [4.69, 9.17) is 4.42 Å². The third-order valence-corrected chi connectivity index (χ3v) is 14.8. The van der Waals surface area contributed by atoms with Crippen molar-refractivity contribution in [1.82, 2.24) is 4.57 Å². The number of para-hydroxylation sites is 2. The summed E-state index contributed by atoms with van der Waals surface area (Å²) in [5, 5.41) is 4.72. The predicted molar refractivity (Wildman–Crippen MR) is 312 cm³/mol. The van der Waals surface area contributed by atoms with Gasteiger partial charge in [0.15, 0.2) is 0 Å². The Bertz CT molecular complexity index is 4410. The van der Waals surface area contributed by atoms with Crippen LogP contribution < -0.4 is 0 Å². The predicted octanol–water partition coefficient (Wildman–Crippen LogP) is 20.0. The highest BCUT2D eigenvalue weighted by molar-refractivity contribution is 6.11. The van der Waals surface area contributed by atoms with Gasteiger partial charge in [-0.05, 0) is 174 Å². The maximum Gasteiger partial charge on any atom is 0.135 e. The lowest BCUT2D eigenvalue weighted by Crippen LogP contribution is -1.92. The van der Waals surface area contributed by atoms with Gasteiger partial charge in [-0.25, -0.2) is 0 Å². The van der Waals surface area contributed by atoms with Crippen LogP contribution in [0.25, 0.3) is 138 Å². The topological polar surface area (TPSA) is 18.1 Å².